The maximum atomic E-state index is 12.6. The number of rotatable bonds is 8. The lowest BCUT2D eigenvalue weighted by atomic mass is 9.79. The van der Waals surface area contributed by atoms with Gasteiger partial charge in [-0.3, -0.25) is 9.48 Å². The Bertz CT molecular complexity index is 508. The van der Waals surface area contributed by atoms with Gasteiger partial charge in [0.05, 0.1) is 11.3 Å². The van der Waals surface area contributed by atoms with Gasteiger partial charge in [-0.15, -0.1) is 0 Å². The number of hydrogen-bond donors (Lipinski definition) is 2. The van der Waals surface area contributed by atoms with Gasteiger partial charge < -0.3 is 10.4 Å². The molecular weight excluding hydrogens is 302 g/mol. The molecule has 1 aromatic heterocycles. The number of nitrogens with zero attached hydrogens (tertiary/aromatic N) is 2. The van der Waals surface area contributed by atoms with Crippen LogP contribution in [0.25, 0.3) is 0 Å². The van der Waals surface area contributed by atoms with Crippen LogP contribution in [0.3, 0.4) is 0 Å². The summed E-state index contributed by atoms with van der Waals surface area (Å²) in [6.45, 7) is 8.81. The standard InChI is InChI=1S/C16H28ClN3O2/c1-6-16(7-2,8-9-21)10-18-15(22)12-13(11(3)4)19-20(5)14(12)17/h11,21H,6-10H2,1-5H3,(H,18,22). The molecule has 0 aliphatic rings. The van der Waals surface area contributed by atoms with Crippen LogP contribution in [0, 0.1) is 5.41 Å². The Balaban J connectivity index is 2.94. The molecule has 6 heteroatoms. The van der Waals surface area contributed by atoms with Crippen molar-refractivity contribution in [2.75, 3.05) is 13.2 Å². The first-order valence-corrected chi connectivity index (χ1v) is 8.31. The maximum Gasteiger partial charge on any atom is 0.256 e. The van der Waals surface area contributed by atoms with Gasteiger partial charge in [-0.2, -0.15) is 5.10 Å². The Morgan fingerprint density at radius 1 is 1.41 bits per heavy atom. The molecule has 1 heterocycles. The zero-order valence-electron chi connectivity index (χ0n) is 14.2. The zero-order chi connectivity index (χ0) is 16.9. The van der Waals surface area contributed by atoms with Crippen LogP contribution in [0.5, 0.6) is 0 Å². The maximum absolute atomic E-state index is 12.6. The second-order valence-electron chi connectivity index (χ2n) is 6.19. The lowest BCUT2D eigenvalue weighted by Gasteiger charge is -2.31. The highest BCUT2D eigenvalue weighted by atomic mass is 35.5. The highest BCUT2D eigenvalue weighted by molar-refractivity contribution is 6.33. The van der Waals surface area contributed by atoms with Crippen molar-refractivity contribution >= 4 is 17.5 Å². The van der Waals surface area contributed by atoms with Crippen molar-refractivity contribution in [2.24, 2.45) is 12.5 Å². The van der Waals surface area contributed by atoms with Gasteiger partial charge in [-0.1, -0.05) is 39.3 Å². The van der Waals surface area contributed by atoms with E-state index in [1.165, 1.54) is 4.68 Å². The highest BCUT2D eigenvalue weighted by Crippen LogP contribution is 2.30. The fourth-order valence-electron chi connectivity index (χ4n) is 2.67. The minimum absolute atomic E-state index is 0.0723. The van der Waals surface area contributed by atoms with Gasteiger partial charge in [-0.25, -0.2) is 0 Å². The largest absolute Gasteiger partial charge is 0.396 e. The molecule has 0 saturated carbocycles. The first-order valence-electron chi connectivity index (χ1n) is 7.93. The van der Waals surface area contributed by atoms with E-state index >= 15 is 0 Å². The number of amides is 1. The summed E-state index contributed by atoms with van der Waals surface area (Å²) in [6, 6.07) is 0. The zero-order valence-corrected chi connectivity index (χ0v) is 15.0. The van der Waals surface area contributed by atoms with Crippen molar-refractivity contribution in [2.45, 2.75) is 52.9 Å². The molecule has 1 rings (SSSR count). The van der Waals surface area contributed by atoms with Gasteiger partial charge >= 0.3 is 0 Å². The summed E-state index contributed by atoms with van der Waals surface area (Å²) in [5.74, 6) is -0.0648. The highest BCUT2D eigenvalue weighted by Gasteiger charge is 2.28. The Morgan fingerprint density at radius 2 is 2.00 bits per heavy atom. The van der Waals surface area contributed by atoms with Gasteiger partial charge in [0.1, 0.15) is 5.15 Å². The van der Waals surface area contributed by atoms with Crippen molar-refractivity contribution in [1.29, 1.82) is 0 Å². The van der Waals surface area contributed by atoms with Crippen LogP contribution in [0.2, 0.25) is 5.15 Å². The third-order valence-electron chi connectivity index (χ3n) is 4.54. The van der Waals surface area contributed by atoms with Gasteiger partial charge in [-0.05, 0) is 30.6 Å². The van der Waals surface area contributed by atoms with E-state index in [0.717, 1.165) is 12.8 Å². The molecule has 0 fully saturated rings. The molecule has 2 N–H and O–H groups in total. The number of aromatic nitrogens is 2. The second-order valence-corrected chi connectivity index (χ2v) is 6.55. The number of nitrogens with one attached hydrogen (secondary N) is 1. The van der Waals surface area contributed by atoms with Gasteiger partial charge in [0.15, 0.2) is 0 Å². The lowest BCUT2D eigenvalue weighted by Crippen LogP contribution is -2.38. The number of hydrogen-bond acceptors (Lipinski definition) is 3. The first kappa shape index (κ1) is 19.0. The third-order valence-corrected chi connectivity index (χ3v) is 4.98. The van der Waals surface area contributed by atoms with Crippen LogP contribution in [0.4, 0.5) is 0 Å². The van der Waals surface area contributed by atoms with Crippen LogP contribution < -0.4 is 5.32 Å². The number of carbonyl (C=O) groups is 1. The summed E-state index contributed by atoms with van der Waals surface area (Å²) in [5, 5.41) is 17.0. The van der Waals surface area contributed by atoms with E-state index in [0.29, 0.717) is 29.4 Å². The summed E-state index contributed by atoms with van der Waals surface area (Å²) in [4.78, 5) is 12.6. The van der Waals surface area contributed by atoms with Gasteiger partial charge in [0.25, 0.3) is 5.91 Å². The number of carbonyl (C=O) groups excluding carboxylic acids is 1. The molecule has 0 aliphatic carbocycles. The molecule has 0 bridgehead atoms. The number of aryl methyl sites for hydroxylation is 1. The molecule has 0 atom stereocenters. The van der Waals surface area contributed by atoms with E-state index in [4.69, 9.17) is 11.6 Å². The smallest absolute Gasteiger partial charge is 0.256 e. The molecule has 22 heavy (non-hydrogen) atoms. The second kappa shape index (κ2) is 7.97. The van der Waals surface area contributed by atoms with Crippen molar-refractivity contribution in [3.63, 3.8) is 0 Å². The average molecular weight is 330 g/mol. The summed E-state index contributed by atoms with van der Waals surface area (Å²) in [6.07, 6.45) is 2.49. The topological polar surface area (TPSA) is 67.2 Å². The monoisotopic (exact) mass is 329 g/mol. The van der Waals surface area contributed by atoms with E-state index in [9.17, 15) is 9.90 Å². The molecule has 1 amide bonds. The predicted molar refractivity (Wildman–Crippen MR) is 89.4 cm³/mol. The van der Waals surface area contributed by atoms with E-state index in [2.05, 4.69) is 24.3 Å². The molecular formula is C16H28ClN3O2. The molecule has 1 aromatic rings. The quantitative estimate of drug-likeness (QED) is 0.770. The van der Waals surface area contributed by atoms with Crippen LogP contribution in [0.15, 0.2) is 0 Å². The normalized spacial score (nSPS) is 12.0. The number of halogens is 1. The van der Waals surface area contributed by atoms with Gasteiger partial charge in [0.2, 0.25) is 0 Å². The molecule has 0 spiro atoms. The fourth-order valence-corrected chi connectivity index (χ4v) is 2.89. The summed E-state index contributed by atoms with van der Waals surface area (Å²) in [5.41, 5.74) is 1.10. The van der Waals surface area contributed by atoms with Crippen LogP contribution in [-0.4, -0.2) is 33.9 Å². The molecule has 0 aliphatic heterocycles. The van der Waals surface area contributed by atoms with Crippen molar-refractivity contribution in [3.05, 3.63) is 16.4 Å². The Morgan fingerprint density at radius 3 is 2.45 bits per heavy atom. The Hall–Kier alpha value is -1.07. The number of aliphatic hydroxyl groups is 1. The van der Waals surface area contributed by atoms with Crippen LogP contribution in [-0.2, 0) is 7.05 Å². The molecule has 0 radical (unpaired) electrons. The van der Waals surface area contributed by atoms with E-state index in [1.54, 1.807) is 7.05 Å². The van der Waals surface area contributed by atoms with Crippen LogP contribution >= 0.6 is 11.6 Å². The Kier molecular flexibility index (Phi) is 6.88. The lowest BCUT2D eigenvalue weighted by molar-refractivity contribution is 0.0906. The van der Waals surface area contributed by atoms with E-state index in [-0.39, 0.29) is 23.8 Å². The predicted octanol–water partition coefficient (Wildman–Crippen LogP) is 3.12. The van der Waals surface area contributed by atoms with Crippen LogP contribution in [0.1, 0.15) is 68.9 Å². The van der Waals surface area contributed by atoms with Crippen molar-refractivity contribution in [3.8, 4) is 0 Å². The summed E-state index contributed by atoms with van der Waals surface area (Å²) in [7, 11) is 1.74. The minimum Gasteiger partial charge on any atom is -0.396 e. The van der Waals surface area contributed by atoms with Crippen molar-refractivity contribution < 1.29 is 9.90 Å². The minimum atomic E-state index is -0.189. The molecule has 0 aromatic carbocycles. The number of aliphatic hydroxyl groups excluding tert-OH is 1. The van der Waals surface area contributed by atoms with Crippen molar-refractivity contribution in [1.82, 2.24) is 15.1 Å². The molecule has 5 nitrogen and oxygen atoms in total. The SMILES string of the molecule is CCC(CC)(CCO)CNC(=O)c1c(C(C)C)nn(C)c1Cl. The third kappa shape index (κ3) is 4.02. The average Bonchev–Trinajstić information content (AvgIpc) is 2.79. The summed E-state index contributed by atoms with van der Waals surface area (Å²) >= 11 is 6.23. The van der Waals surface area contributed by atoms with E-state index < -0.39 is 0 Å². The molecule has 126 valence electrons. The first-order chi connectivity index (χ1) is 10.3. The Labute approximate surface area is 138 Å². The molecule has 0 unspecified atom stereocenters. The molecule has 0 saturated heterocycles. The van der Waals surface area contributed by atoms with E-state index in [1.807, 2.05) is 13.8 Å². The fraction of sp³-hybridized carbons (Fsp3) is 0.750. The summed E-state index contributed by atoms with van der Waals surface area (Å²) < 4.78 is 1.53. The van der Waals surface area contributed by atoms with Gasteiger partial charge in [0, 0.05) is 20.2 Å².